The molecule has 0 bridgehead atoms. The average Bonchev–Trinajstić information content (AvgIpc) is 2.40. The lowest BCUT2D eigenvalue weighted by atomic mass is 10.2. The zero-order chi connectivity index (χ0) is 14.8. The Kier molecular flexibility index (Phi) is 4.13. The smallest absolute Gasteiger partial charge is 0.419 e. The maximum atomic E-state index is 13.1. The van der Waals surface area contributed by atoms with Gasteiger partial charge in [-0.3, -0.25) is 4.98 Å². The number of hydrogen-bond acceptors (Lipinski definition) is 2. The molecule has 0 aliphatic heterocycles. The van der Waals surface area contributed by atoms with Crippen LogP contribution in [0.25, 0.3) is 0 Å². The maximum Gasteiger partial charge on any atom is 0.419 e. The first-order valence-electron chi connectivity index (χ1n) is 5.45. The summed E-state index contributed by atoms with van der Waals surface area (Å²) < 4.78 is 56.2. The monoisotopic (exact) mass is 305 g/mol. The fourth-order valence-electron chi connectivity index (χ4n) is 1.53. The fourth-order valence-corrected chi connectivity index (χ4v) is 1.73. The van der Waals surface area contributed by atoms with E-state index in [0.29, 0.717) is 17.7 Å². The molecule has 2 nitrogen and oxygen atoms in total. The average molecular weight is 306 g/mol. The van der Waals surface area contributed by atoms with Crippen LogP contribution in [0.2, 0.25) is 0 Å². The predicted octanol–water partition coefficient (Wildman–Crippen LogP) is 4.77. The normalized spacial score (nSPS) is 11.4. The Morgan fingerprint density at radius 3 is 2.60 bits per heavy atom. The van der Waals surface area contributed by atoms with E-state index in [2.05, 4.69) is 4.98 Å². The molecule has 1 aromatic carbocycles. The van der Waals surface area contributed by atoms with Gasteiger partial charge in [-0.05, 0) is 24.3 Å². The van der Waals surface area contributed by atoms with E-state index in [4.69, 9.17) is 16.3 Å². The molecule has 1 heterocycles. The number of nitrogens with zero attached hydrogens (tertiary/aromatic N) is 1. The third-order valence-corrected chi connectivity index (χ3v) is 2.76. The van der Waals surface area contributed by atoms with Crippen LogP contribution in [0.15, 0.2) is 36.7 Å². The van der Waals surface area contributed by atoms with Gasteiger partial charge in [-0.25, -0.2) is 4.39 Å². The number of benzene rings is 1. The molecule has 0 fully saturated rings. The molecule has 0 saturated heterocycles. The molecule has 0 amide bonds. The third-order valence-electron chi connectivity index (χ3n) is 2.47. The Labute approximate surface area is 117 Å². The topological polar surface area (TPSA) is 22.1 Å². The molecule has 106 valence electrons. The summed E-state index contributed by atoms with van der Waals surface area (Å²) in [6.45, 7) is 0. The molecule has 1 aromatic heterocycles. The molecule has 0 spiro atoms. The SMILES string of the molecule is Fc1ccc(Oc2ccncc2CCl)cc1C(F)(F)F. The predicted molar refractivity (Wildman–Crippen MR) is 65.3 cm³/mol. The molecule has 0 atom stereocenters. The molecule has 2 rings (SSSR count). The number of aromatic nitrogens is 1. The summed E-state index contributed by atoms with van der Waals surface area (Å²) in [6, 6.07) is 3.89. The highest BCUT2D eigenvalue weighted by atomic mass is 35.5. The number of alkyl halides is 4. The van der Waals surface area contributed by atoms with Crippen LogP contribution in [0.1, 0.15) is 11.1 Å². The van der Waals surface area contributed by atoms with Crippen LogP contribution in [0.5, 0.6) is 11.5 Å². The number of hydrogen-bond donors (Lipinski definition) is 0. The minimum absolute atomic E-state index is 0.0937. The Morgan fingerprint density at radius 2 is 1.95 bits per heavy atom. The standard InChI is InChI=1S/C13H8ClF4NO/c14-6-8-7-19-4-3-12(8)20-9-1-2-11(15)10(5-9)13(16,17)18/h1-5,7H,6H2. The minimum Gasteiger partial charge on any atom is -0.457 e. The molecule has 0 aliphatic rings. The van der Waals surface area contributed by atoms with Crippen molar-refractivity contribution >= 4 is 11.6 Å². The van der Waals surface area contributed by atoms with Gasteiger partial charge in [0.2, 0.25) is 0 Å². The van der Waals surface area contributed by atoms with Crippen molar-refractivity contribution in [3.05, 3.63) is 53.6 Å². The van der Waals surface area contributed by atoms with Gasteiger partial charge in [-0.15, -0.1) is 11.6 Å². The highest BCUT2D eigenvalue weighted by Crippen LogP contribution is 2.35. The molecule has 0 radical (unpaired) electrons. The lowest BCUT2D eigenvalue weighted by Gasteiger charge is -2.12. The van der Waals surface area contributed by atoms with Crippen LogP contribution in [0.4, 0.5) is 17.6 Å². The number of ether oxygens (including phenoxy) is 1. The molecule has 0 aliphatic carbocycles. The lowest BCUT2D eigenvalue weighted by Crippen LogP contribution is -2.08. The molecule has 0 unspecified atom stereocenters. The molecule has 7 heteroatoms. The highest BCUT2D eigenvalue weighted by molar-refractivity contribution is 6.17. The van der Waals surface area contributed by atoms with Crippen molar-refractivity contribution in [2.24, 2.45) is 0 Å². The zero-order valence-corrected chi connectivity index (χ0v) is 10.7. The van der Waals surface area contributed by atoms with Gasteiger partial charge in [0.05, 0.1) is 11.4 Å². The van der Waals surface area contributed by atoms with E-state index in [-0.39, 0.29) is 17.4 Å². The van der Waals surface area contributed by atoms with Gasteiger partial charge in [0.25, 0.3) is 0 Å². The second kappa shape index (κ2) is 5.66. The number of rotatable bonds is 3. The van der Waals surface area contributed by atoms with E-state index in [9.17, 15) is 17.6 Å². The van der Waals surface area contributed by atoms with Gasteiger partial charge < -0.3 is 4.74 Å². The summed E-state index contributed by atoms with van der Waals surface area (Å²) in [4.78, 5) is 3.82. The van der Waals surface area contributed by atoms with Gasteiger partial charge in [-0.2, -0.15) is 13.2 Å². The van der Waals surface area contributed by atoms with Crippen LogP contribution in [0, 0.1) is 5.82 Å². The second-order valence-electron chi connectivity index (χ2n) is 3.86. The third kappa shape index (κ3) is 3.19. The summed E-state index contributed by atoms with van der Waals surface area (Å²) in [7, 11) is 0. The van der Waals surface area contributed by atoms with Gasteiger partial charge in [0.1, 0.15) is 17.3 Å². The van der Waals surface area contributed by atoms with Crippen molar-refractivity contribution in [1.29, 1.82) is 0 Å². The fraction of sp³-hybridized carbons (Fsp3) is 0.154. The van der Waals surface area contributed by atoms with Gasteiger partial charge >= 0.3 is 6.18 Å². The van der Waals surface area contributed by atoms with Crippen LogP contribution in [-0.4, -0.2) is 4.98 Å². The van der Waals surface area contributed by atoms with Crippen molar-refractivity contribution < 1.29 is 22.3 Å². The van der Waals surface area contributed by atoms with E-state index in [0.717, 1.165) is 6.07 Å². The van der Waals surface area contributed by atoms with Crippen LogP contribution in [0.3, 0.4) is 0 Å². The summed E-state index contributed by atoms with van der Waals surface area (Å²) in [5, 5.41) is 0. The molecule has 20 heavy (non-hydrogen) atoms. The molecular formula is C13H8ClF4NO. The van der Waals surface area contributed by atoms with Crippen LogP contribution >= 0.6 is 11.6 Å². The Bertz CT molecular complexity index is 616. The zero-order valence-electron chi connectivity index (χ0n) is 9.92. The summed E-state index contributed by atoms with van der Waals surface area (Å²) >= 11 is 5.67. The summed E-state index contributed by atoms with van der Waals surface area (Å²) in [6.07, 6.45) is -1.92. The molecule has 0 N–H and O–H groups in total. The Hall–Kier alpha value is -1.82. The number of halogens is 5. The first-order chi connectivity index (χ1) is 9.41. The second-order valence-corrected chi connectivity index (χ2v) is 4.13. The van der Waals surface area contributed by atoms with E-state index in [1.165, 1.54) is 18.5 Å². The van der Waals surface area contributed by atoms with Gasteiger partial charge in [0.15, 0.2) is 0 Å². The molecular weight excluding hydrogens is 298 g/mol. The van der Waals surface area contributed by atoms with Crippen molar-refractivity contribution in [2.75, 3.05) is 0 Å². The lowest BCUT2D eigenvalue weighted by molar-refractivity contribution is -0.140. The van der Waals surface area contributed by atoms with Crippen molar-refractivity contribution in [3.63, 3.8) is 0 Å². The van der Waals surface area contributed by atoms with Crippen LogP contribution < -0.4 is 4.74 Å². The van der Waals surface area contributed by atoms with Gasteiger partial charge in [-0.1, -0.05) is 0 Å². The van der Waals surface area contributed by atoms with E-state index in [1.54, 1.807) is 0 Å². The van der Waals surface area contributed by atoms with Crippen LogP contribution in [-0.2, 0) is 12.1 Å². The first kappa shape index (κ1) is 14.6. The van der Waals surface area contributed by atoms with Crippen molar-refractivity contribution in [1.82, 2.24) is 4.98 Å². The Morgan fingerprint density at radius 1 is 1.20 bits per heavy atom. The van der Waals surface area contributed by atoms with E-state index < -0.39 is 17.6 Å². The first-order valence-corrected chi connectivity index (χ1v) is 5.98. The number of pyridine rings is 1. The summed E-state index contributed by atoms with van der Waals surface area (Å²) in [5.41, 5.74) is -0.858. The quantitative estimate of drug-likeness (QED) is 0.602. The van der Waals surface area contributed by atoms with Crippen molar-refractivity contribution in [3.8, 4) is 11.5 Å². The van der Waals surface area contributed by atoms with E-state index >= 15 is 0 Å². The summed E-state index contributed by atoms with van der Waals surface area (Å²) in [5.74, 6) is -1.11. The molecule has 0 saturated carbocycles. The maximum absolute atomic E-state index is 13.1. The Balaban J connectivity index is 2.35. The minimum atomic E-state index is -4.78. The largest absolute Gasteiger partial charge is 0.457 e. The highest BCUT2D eigenvalue weighted by Gasteiger charge is 2.34. The van der Waals surface area contributed by atoms with Crippen molar-refractivity contribution in [2.45, 2.75) is 12.1 Å². The molecule has 2 aromatic rings. The van der Waals surface area contributed by atoms with E-state index in [1.807, 2.05) is 0 Å². The van der Waals surface area contributed by atoms with Gasteiger partial charge in [0, 0.05) is 18.0 Å².